The molecule has 0 aliphatic heterocycles. The molecule has 0 saturated heterocycles. The summed E-state index contributed by atoms with van der Waals surface area (Å²) in [5.41, 5.74) is 6.95. The zero-order valence-electron chi connectivity index (χ0n) is 3.93. The van der Waals surface area contributed by atoms with Crippen molar-refractivity contribution in [2.45, 2.75) is 0 Å². The molecule has 0 aromatic heterocycles. The van der Waals surface area contributed by atoms with E-state index in [0.717, 1.165) is 0 Å². The molecule has 10 heavy (non-hydrogen) atoms. The summed E-state index contributed by atoms with van der Waals surface area (Å²) in [7, 11) is 0. The molecule has 0 unspecified atom stereocenters. The molecule has 0 atom stereocenters. The van der Waals surface area contributed by atoms with Gasteiger partial charge in [-0.3, -0.25) is 0 Å². The molecule has 0 radical (unpaired) electrons. The predicted octanol–water partition coefficient (Wildman–Crippen LogP) is 3.28. The average molecular weight is 215 g/mol. The van der Waals surface area contributed by atoms with Gasteiger partial charge < -0.3 is 0 Å². The number of hydrogen-bond acceptors (Lipinski definition) is 1. The van der Waals surface area contributed by atoms with E-state index in [1.165, 1.54) is 0 Å². The molecule has 0 aliphatic rings. The molecule has 0 rings (SSSR count). The van der Waals surface area contributed by atoms with E-state index in [0.29, 0.717) is 4.91 Å². The molecule has 0 heterocycles. The Kier molecular flexibility index (Phi) is 0.856. The Morgan fingerprint density at radius 2 is 1.30 bits per heavy atom. The first kappa shape index (κ1) is 9.38. The molecular weight excluding hydrogens is 215 g/mol. The second kappa shape index (κ2) is 0.912. The second-order valence-corrected chi connectivity index (χ2v) is 4.47. The van der Waals surface area contributed by atoms with Gasteiger partial charge in [0.1, 0.15) is 0 Å². The van der Waals surface area contributed by atoms with Crippen LogP contribution in [0.1, 0.15) is 0 Å². The topological polar surface area (TPSA) is 48.8 Å². The van der Waals surface area contributed by atoms with Crippen molar-refractivity contribution in [3.63, 3.8) is 0 Å². The molecule has 0 saturated carbocycles. The van der Waals surface area contributed by atoms with Crippen molar-refractivity contribution in [3.05, 3.63) is 10.4 Å². The van der Waals surface area contributed by atoms with Gasteiger partial charge in [-0.25, -0.2) is 0 Å². The van der Waals surface area contributed by atoms with Crippen LogP contribution < -0.4 is 0 Å². The standard InChI is InChI=1S/6FH.N3.Ni/c;;;;;;1-3-2;/h6*1H;;/q;;;;;;-1;+4/p-6. The molecule has 0 aromatic carbocycles. The van der Waals surface area contributed by atoms with E-state index in [2.05, 4.69) is 0 Å². The third kappa shape index (κ3) is 7.38. The van der Waals surface area contributed by atoms with Crippen molar-refractivity contribution < 1.29 is 33.8 Å². The summed E-state index contributed by atoms with van der Waals surface area (Å²) in [6.45, 7) is 0. The van der Waals surface area contributed by atoms with Crippen LogP contribution in [0.2, 0.25) is 0 Å². The Hall–Kier alpha value is -0.616. The first-order chi connectivity index (χ1) is 3.74. The van der Waals surface area contributed by atoms with Crippen LogP contribution in [-0.4, -0.2) is 0 Å². The van der Waals surface area contributed by atoms with Gasteiger partial charge in [0.2, 0.25) is 0 Å². The van der Waals surface area contributed by atoms with E-state index in [-0.39, 0.29) is 4.19 Å². The van der Waals surface area contributed by atoms with Gasteiger partial charge in [0, 0.05) is 0 Å². The van der Waals surface area contributed by atoms with Crippen molar-refractivity contribution in [2.24, 2.45) is 4.19 Å². The van der Waals surface area contributed by atoms with E-state index < -0.39 is 12.2 Å². The first-order valence-corrected chi connectivity index (χ1v) is 3.94. The molecule has 0 spiro atoms. The SMILES string of the molecule is [N-]=[N+]=[N][Ni-3]([F])([F])([F])([F])([F])[F]. The van der Waals surface area contributed by atoms with Crippen LogP contribution in [0.15, 0.2) is 4.19 Å². The van der Waals surface area contributed by atoms with E-state index in [1.807, 2.05) is 0 Å². The molecular formula is F6N3Ni-3. The quantitative estimate of drug-likeness (QED) is 0.212. The molecule has 3 nitrogen and oxygen atoms in total. The van der Waals surface area contributed by atoms with Crippen LogP contribution in [0.25, 0.3) is 10.4 Å². The van der Waals surface area contributed by atoms with Crippen molar-refractivity contribution in [2.75, 3.05) is 0 Å². The van der Waals surface area contributed by atoms with Crippen molar-refractivity contribution >= 4 is 0 Å². The van der Waals surface area contributed by atoms with Crippen LogP contribution in [0.4, 0.5) is 21.6 Å². The van der Waals surface area contributed by atoms with E-state index in [9.17, 15) is 21.6 Å². The number of halogens is 6. The minimum absolute atomic E-state index is 0.0417. The number of azide groups is 1. The van der Waals surface area contributed by atoms with Crippen LogP contribution in [0, 0.1) is 0 Å². The number of hydrogen-bond donors (Lipinski definition) is 0. The monoisotopic (exact) mass is 214 g/mol. The Morgan fingerprint density at radius 3 is 1.30 bits per heavy atom. The van der Waals surface area contributed by atoms with Crippen molar-refractivity contribution in [1.82, 2.24) is 0 Å². The van der Waals surface area contributed by atoms with Gasteiger partial charge in [0.15, 0.2) is 0 Å². The maximum atomic E-state index is 10.8. The molecule has 0 aromatic rings. The van der Waals surface area contributed by atoms with E-state index >= 15 is 0 Å². The van der Waals surface area contributed by atoms with Gasteiger partial charge in [-0.1, -0.05) is 0 Å². The summed E-state index contributed by atoms with van der Waals surface area (Å²) < 4.78 is 64.9. The second-order valence-electron chi connectivity index (χ2n) is 1.15. The van der Waals surface area contributed by atoms with Crippen LogP contribution in [-0.2, 0) is 12.2 Å². The molecule has 0 amide bonds. The summed E-state index contributed by atoms with van der Waals surface area (Å²) in [6, 6.07) is 0. The number of rotatable bonds is 1. The van der Waals surface area contributed by atoms with Gasteiger partial charge >= 0.3 is 48.5 Å². The van der Waals surface area contributed by atoms with E-state index in [4.69, 9.17) is 5.53 Å². The van der Waals surface area contributed by atoms with Crippen molar-refractivity contribution in [3.8, 4) is 0 Å². The fourth-order valence-electron chi connectivity index (χ4n) is 0.0641. The van der Waals surface area contributed by atoms with Gasteiger partial charge in [-0.2, -0.15) is 0 Å². The maximum absolute atomic E-state index is 12.0. The zero-order chi connectivity index (χ0) is 8.79. The number of nitrogens with zero attached hydrogens (tertiary/aromatic N) is 3. The van der Waals surface area contributed by atoms with Gasteiger partial charge in [-0.05, 0) is 0 Å². The summed E-state index contributed by atoms with van der Waals surface area (Å²) in [4.78, 5) is 0.653. The molecule has 0 N–H and O–H groups in total. The molecule has 70 valence electrons. The summed E-state index contributed by atoms with van der Waals surface area (Å²) in [5.74, 6) is 0. The Morgan fingerprint density at radius 1 is 1.00 bits per heavy atom. The Balaban J connectivity index is 5.63. The third-order valence-corrected chi connectivity index (χ3v) is 0.708. The average Bonchev–Trinajstić information content (AvgIpc) is 1.19. The fourth-order valence-corrected chi connectivity index (χ4v) is 0.264. The minimum atomic E-state index is -12.0. The molecule has 10 heteroatoms. The third-order valence-electron chi connectivity index (χ3n) is 0.172. The Labute approximate surface area is 49.5 Å². The summed E-state index contributed by atoms with van der Waals surface area (Å²) in [5, 5.41) is 0. The van der Waals surface area contributed by atoms with Gasteiger partial charge in [0.05, 0.1) is 0 Å². The zero-order valence-corrected chi connectivity index (χ0v) is 4.91. The Bertz CT molecular complexity index is 211. The molecule has 0 bridgehead atoms. The fraction of sp³-hybridized carbons (Fsp3) is 0. The van der Waals surface area contributed by atoms with Crippen LogP contribution >= 0.6 is 0 Å². The van der Waals surface area contributed by atoms with Crippen LogP contribution in [0.3, 0.4) is 0 Å². The van der Waals surface area contributed by atoms with Crippen LogP contribution in [0.5, 0.6) is 0 Å². The summed E-state index contributed by atoms with van der Waals surface area (Å²) >= 11 is -12.0. The predicted molar refractivity (Wildman–Crippen MR) is 15.8 cm³/mol. The van der Waals surface area contributed by atoms with Gasteiger partial charge in [-0.15, -0.1) is 0 Å². The molecule has 0 fully saturated rings. The van der Waals surface area contributed by atoms with E-state index in [1.54, 1.807) is 0 Å². The first-order valence-electron chi connectivity index (χ1n) is 1.26. The summed E-state index contributed by atoms with van der Waals surface area (Å²) in [6.07, 6.45) is 0. The van der Waals surface area contributed by atoms with Gasteiger partial charge in [0.25, 0.3) is 0 Å². The molecule has 0 aliphatic carbocycles. The normalized spacial score (nSPS) is 22.8. The van der Waals surface area contributed by atoms with Crippen molar-refractivity contribution in [1.29, 1.82) is 0 Å².